The van der Waals surface area contributed by atoms with E-state index in [2.05, 4.69) is 5.32 Å². The molecule has 4 heteroatoms. The number of anilines is 1. The van der Waals surface area contributed by atoms with Gasteiger partial charge in [-0.3, -0.25) is 4.79 Å². The number of carbonyl (C=O) groups is 1. The zero-order valence-electron chi connectivity index (χ0n) is 7.12. The largest absolute Gasteiger partial charge is 0.508 e. The van der Waals surface area contributed by atoms with Gasteiger partial charge in [-0.15, -0.1) is 11.6 Å². The van der Waals surface area contributed by atoms with Crippen molar-refractivity contribution in [3.8, 4) is 5.75 Å². The predicted molar refractivity (Wildman–Crippen MR) is 52.1 cm³/mol. The lowest BCUT2D eigenvalue weighted by molar-refractivity contribution is -0.115. The Morgan fingerprint density at radius 3 is 2.46 bits per heavy atom. The first-order valence-electron chi connectivity index (χ1n) is 3.83. The molecule has 0 unspecified atom stereocenters. The van der Waals surface area contributed by atoms with E-state index in [0.29, 0.717) is 5.69 Å². The van der Waals surface area contributed by atoms with Crippen molar-refractivity contribution in [1.29, 1.82) is 0 Å². The number of nitrogens with one attached hydrogen (secondary N) is 1. The summed E-state index contributed by atoms with van der Waals surface area (Å²) < 4.78 is 0. The Morgan fingerprint density at radius 2 is 2.00 bits per heavy atom. The third-order valence-corrected chi connectivity index (χ3v) is 1.69. The highest BCUT2D eigenvalue weighted by Gasteiger charge is 2.08. The number of aromatic hydroxyl groups is 1. The van der Waals surface area contributed by atoms with Crippen LogP contribution in [0.2, 0.25) is 0 Å². The molecule has 0 heterocycles. The minimum absolute atomic E-state index is 0.164. The summed E-state index contributed by atoms with van der Waals surface area (Å²) in [4.78, 5) is 11.1. The Morgan fingerprint density at radius 1 is 1.46 bits per heavy atom. The molecule has 1 atom stereocenters. The summed E-state index contributed by atoms with van der Waals surface area (Å²) >= 11 is 5.55. The first-order chi connectivity index (χ1) is 6.09. The van der Waals surface area contributed by atoms with Gasteiger partial charge in [0.05, 0.1) is 0 Å². The minimum atomic E-state index is -0.561. The molecule has 3 nitrogen and oxygen atoms in total. The predicted octanol–water partition coefficient (Wildman–Crippen LogP) is 1.96. The van der Waals surface area contributed by atoms with Crippen LogP contribution >= 0.6 is 11.6 Å². The fraction of sp³-hybridized carbons (Fsp3) is 0.222. The fourth-order valence-electron chi connectivity index (χ4n) is 0.786. The number of rotatable bonds is 2. The van der Waals surface area contributed by atoms with Crippen molar-refractivity contribution in [3.05, 3.63) is 24.3 Å². The number of phenols is 1. The highest BCUT2D eigenvalue weighted by atomic mass is 35.5. The Labute approximate surface area is 81.3 Å². The number of hydrogen-bond donors (Lipinski definition) is 2. The van der Waals surface area contributed by atoms with Crippen molar-refractivity contribution in [2.75, 3.05) is 5.32 Å². The van der Waals surface area contributed by atoms with Gasteiger partial charge in [0, 0.05) is 5.69 Å². The smallest absolute Gasteiger partial charge is 0.242 e. The first-order valence-corrected chi connectivity index (χ1v) is 4.27. The van der Waals surface area contributed by atoms with Crippen LogP contribution in [0.15, 0.2) is 24.3 Å². The van der Waals surface area contributed by atoms with Crippen LogP contribution in [0.25, 0.3) is 0 Å². The van der Waals surface area contributed by atoms with E-state index in [0.717, 1.165) is 0 Å². The quantitative estimate of drug-likeness (QED) is 0.565. The standard InChI is InChI=1S/C9H10ClNO2/c1-6(10)9(13)11-7-2-4-8(12)5-3-7/h2-6,12H,1H3,(H,11,13)/t6-/m1/s1. The van der Waals surface area contributed by atoms with Gasteiger partial charge < -0.3 is 10.4 Å². The normalized spacial score (nSPS) is 12.2. The molecule has 1 aromatic rings. The second kappa shape index (κ2) is 4.14. The molecule has 0 fully saturated rings. The highest BCUT2D eigenvalue weighted by molar-refractivity contribution is 6.32. The molecular formula is C9H10ClNO2. The van der Waals surface area contributed by atoms with Crippen LogP contribution in [0.4, 0.5) is 5.69 Å². The third kappa shape index (κ3) is 2.95. The van der Waals surface area contributed by atoms with Gasteiger partial charge >= 0.3 is 0 Å². The average molecular weight is 200 g/mol. The molecule has 13 heavy (non-hydrogen) atoms. The number of carbonyl (C=O) groups excluding carboxylic acids is 1. The van der Waals surface area contributed by atoms with Gasteiger partial charge in [0.1, 0.15) is 11.1 Å². The molecule has 0 aliphatic heterocycles. The molecule has 0 aliphatic rings. The van der Waals surface area contributed by atoms with E-state index in [1.807, 2.05) is 0 Å². The zero-order valence-corrected chi connectivity index (χ0v) is 7.88. The number of phenolic OH excluding ortho intramolecular Hbond substituents is 1. The number of benzene rings is 1. The molecule has 0 radical (unpaired) electrons. The van der Waals surface area contributed by atoms with E-state index in [4.69, 9.17) is 16.7 Å². The summed E-state index contributed by atoms with van der Waals surface area (Å²) in [6.45, 7) is 1.59. The summed E-state index contributed by atoms with van der Waals surface area (Å²) in [5, 5.41) is 11.0. The van der Waals surface area contributed by atoms with Crippen LogP contribution in [-0.2, 0) is 4.79 Å². The van der Waals surface area contributed by atoms with Crippen molar-refractivity contribution in [1.82, 2.24) is 0 Å². The molecule has 70 valence electrons. The van der Waals surface area contributed by atoms with Crippen molar-refractivity contribution in [2.24, 2.45) is 0 Å². The highest BCUT2D eigenvalue weighted by Crippen LogP contribution is 2.14. The van der Waals surface area contributed by atoms with Crippen LogP contribution in [0.3, 0.4) is 0 Å². The second-order valence-electron chi connectivity index (χ2n) is 2.65. The lowest BCUT2D eigenvalue weighted by atomic mass is 10.3. The molecule has 2 N–H and O–H groups in total. The molecule has 0 aromatic heterocycles. The minimum Gasteiger partial charge on any atom is -0.508 e. The summed E-state index contributed by atoms with van der Waals surface area (Å²) in [6.07, 6.45) is 0. The number of amides is 1. The SMILES string of the molecule is C[C@@H](Cl)C(=O)Nc1ccc(O)cc1. The molecule has 0 bridgehead atoms. The molecule has 0 aliphatic carbocycles. The van der Waals surface area contributed by atoms with Crippen LogP contribution in [-0.4, -0.2) is 16.4 Å². The first kappa shape index (κ1) is 9.86. The Hall–Kier alpha value is -1.22. The van der Waals surface area contributed by atoms with Gasteiger partial charge in [0.2, 0.25) is 5.91 Å². The summed E-state index contributed by atoms with van der Waals surface area (Å²) in [6, 6.07) is 6.20. The van der Waals surface area contributed by atoms with Gasteiger partial charge in [-0.1, -0.05) is 0 Å². The third-order valence-electron chi connectivity index (χ3n) is 1.50. The van der Waals surface area contributed by atoms with Crippen LogP contribution in [0.1, 0.15) is 6.92 Å². The van der Waals surface area contributed by atoms with Crippen LogP contribution in [0, 0.1) is 0 Å². The molecule has 0 saturated heterocycles. The molecule has 1 amide bonds. The lowest BCUT2D eigenvalue weighted by Crippen LogP contribution is -2.20. The van der Waals surface area contributed by atoms with Crippen molar-refractivity contribution >= 4 is 23.2 Å². The Bertz CT molecular complexity index is 295. The van der Waals surface area contributed by atoms with Crippen molar-refractivity contribution in [2.45, 2.75) is 12.3 Å². The van der Waals surface area contributed by atoms with E-state index < -0.39 is 5.38 Å². The van der Waals surface area contributed by atoms with Crippen molar-refractivity contribution < 1.29 is 9.90 Å². The number of hydrogen-bond acceptors (Lipinski definition) is 2. The molecular weight excluding hydrogens is 190 g/mol. The topological polar surface area (TPSA) is 49.3 Å². The second-order valence-corrected chi connectivity index (χ2v) is 3.31. The van der Waals surface area contributed by atoms with Gasteiger partial charge in [-0.2, -0.15) is 0 Å². The lowest BCUT2D eigenvalue weighted by Gasteiger charge is -2.05. The van der Waals surface area contributed by atoms with Gasteiger partial charge in [-0.05, 0) is 31.2 Å². The van der Waals surface area contributed by atoms with E-state index in [1.165, 1.54) is 12.1 Å². The maximum Gasteiger partial charge on any atom is 0.242 e. The molecule has 0 saturated carbocycles. The molecule has 1 rings (SSSR count). The monoisotopic (exact) mass is 199 g/mol. The van der Waals surface area contributed by atoms with E-state index in [-0.39, 0.29) is 11.7 Å². The Kier molecular flexibility index (Phi) is 3.14. The summed E-state index contributed by atoms with van der Waals surface area (Å²) in [7, 11) is 0. The van der Waals surface area contributed by atoms with Gasteiger partial charge in [0.25, 0.3) is 0 Å². The summed E-state index contributed by atoms with van der Waals surface area (Å²) in [5.41, 5.74) is 0.621. The number of halogens is 1. The van der Waals surface area contributed by atoms with E-state index >= 15 is 0 Å². The number of alkyl halides is 1. The van der Waals surface area contributed by atoms with Gasteiger partial charge in [0.15, 0.2) is 0 Å². The molecule has 1 aromatic carbocycles. The Balaban J connectivity index is 2.65. The molecule has 0 spiro atoms. The van der Waals surface area contributed by atoms with Crippen LogP contribution in [0.5, 0.6) is 5.75 Å². The van der Waals surface area contributed by atoms with Crippen LogP contribution < -0.4 is 5.32 Å². The summed E-state index contributed by atoms with van der Waals surface area (Å²) in [5.74, 6) is -0.0933. The van der Waals surface area contributed by atoms with E-state index in [9.17, 15) is 4.79 Å². The van der Waals surface area contributed by atoms with Gasteiger partial charge in [-0.25, -0.2) is 0 Å². The average Bonchev–Trinajstić information content (AvgIpc) is 2.08. The fourth-order valence-corrected chi connectivity index (χ4v) is 0.841. The zero-order chi connectivity index (χ0) is 9.84. The van der Waals surface area contributed by atoms with E-state index in [1.54, 1.807) is 19.1 Å². The maximum atomic E-state index is 11.1. The van der Waals surface area contributed by atoms with Crippen molar-refractivity contribution in [3.63, 3.8) is 0 Å². The maximum absolute atomic E-state index is 11.1.